The molecule has 0 aliphatic carbocycles. The van der Waals surface area contributed by atoms with Gasteiger partial charge in [0.2, 0.25) is 5.78 Å². The van der Waals surface area contributed by atoms with Gasteiger partial charge in [-0.2, -0.15) is 0 Å². The number of benzene rings is 4. The number of nitrogen functional groups attached to an aromatic ring is 2. The van der Waals surface area contributed by atoms with E-state index in [4.69, 9.17) is 30.8 Å². The number of methoxy groups -OCH3 is 2. The van der Waals surface area contributed by atoms with Crippen molar-refractivity contribution in [2.45, 2.75) is 32.8 Å². The zero-order valence-electron chi connectivity index (χ0n) is 42.4. The minimum absolute atomic E-state index is 0.0506. The van der Waals surface area contributed by atoms with Gasteiger partial charge in [0, 0.05) is 98.7 Å². The summed E-state index contributed by atoms with van der Waals surface area (Å²) in [6.07, 6.45) is 7.34. The first-order chi connectivity index (χ1) is 34.7. The molecule has 0 aliphatic heterocycles. The zero-order valence-corrected chi connectivity index (χ0v) is 42.4. The van der Waals surface area contributed by atoms with Crippen molar-refractivity contribution in [2.75, 3.05) is 37.6 Å². The smallest absolute Gasteiger partial charge is 0.412 e. The lowest BCUT2D eigenvalue weighted by molar-refractivity contribution is 0.0581. The number of aliphatic hydroxyl groups excluding tert-OH is 1. The Balaban J connectivity index is 0.000000188. The molecule has 6 N–H and O–H groups in total. The fourth-order valence-corrected chi connectivity index (χ4v) is 7.75. The van der Waals surface area contributed by atoms with Crippen LogP contribution < -0.4 is 16.8 Å². The van der Waals surface area contributed by atoms with Gasteiger partial charge in [0.05, 0.1) is 25.6 Å². The second-order valence-corrected chi connectivity index (χ2v) is 18.2. The molecule has 4 heterocycles. The van der Waals surface area contributed by atoms with Crippen LogP contribution in [-0.2, 0) is 48.8 Å². The molecule has 0 aliphatic rings. The molecule has 8 aromatic rings. The molecule has 0 saturated heterocycles. The summed E-state index contributed by atoms with van der Waals surface area (Å²) >= 11 is 0. The second kappa shape index (κ2) is 23.3. The van der Waals surface area contributed by atoms with Gasteiger partial charge in [-0.15, -0.1) is 0 Å². The number of anilines is 3. The minimum Gasteiger partial charge on any atom is -0.464 e. The van der Waals surface area contributed by atoms with Crippen LogP contribution in [0.5, 0.6) is 0 Å². The summed E-state index contributed by atoms with van der Waals surface area (Å²) < 4.78 is 21.7. The summed E-state index contributed by atoms with van der Waals surface area (Å²) in [6.45, 7) is 4.89. The van der Waals surface area contributed by atoms with Gasteiger partial charge in [-0.05, 0) is 109 Å². The van der Waals surface area contributed by atoms with Crippen LogP contribution >= 0.6 is 0 Å². The number of nitrogens with two attached hydrogens (primary N) is 2. The predicted molar refractivity (Wildman–Crippen MR) is 284 cm³/mol. The third-order valence-corrected chi connectivity index (χ3v) is 11.5. The van der Waals surface area contributed by atoms with Crippen LogP contribution in [0.3, 0.4) is 0 Å². The molecule has 1 amide bonds. The molecule has 0 bridgehead atoms. The molecule has 0 radical (unpaired) electrons. The highest BCUT2D eigenvalue weighted by Gasteiger charge is 2.19. The number of hydrogen-bond acceptors (Lipinski definition) is 11. The third kappa shape index (κ3) is 13.9. The Bertz CT molecular complexity index is 3220. The number of ketones is 2. The maximum atomic E-state index is 12.9. The molecule has 16 heteroatoms. The summed E-state index contributed by atoms with van der Waals surface area (Å²) in [5.41, 5.74) is 23.6. The fourth-order valence-electron chi connectivity index (χ4n) is 7.75. The van der Waals surface area contributed by atoms with E-state index >= 15 is 0 Å². The van der Waals surface area contributed by atoms with Crippen molar-refractivity contribution in [2.24, 2.45) is 28.2 Å². The Morgan fingerprint density at radius 1 is 0.493 bits per heavy atom. The number of aliphatic hydroxyl groups is 1. The van der Waals surface area contributed by atoms with Crippen LogP contribution in [0.2, 0.25) is 0 Å². The summed E-state index contributed by atoms with van der Waals surface area (Å²) in [5.74, 6) is -0.988. The first-order valence-corrected chi connectivity index (χ1v) is 23.1. The molecule has 0 unspecified atom stereocenters. The van der Waals surface area contributed by atoms with Gasteiger partial charge in [-0.1, -0.05) is 60.7 Å². The maximum absolute atomic E-state index is 12.9. The van der Waals surface area contributed by atoms with Gasteiger partial charge in [-0.3, -0.25) is 14.9 Å². The van der Waals surface area contributed by atoms with Crippen molar-refractivity contribution in [1.82, 2.24) is 18.3 Å². The molecular weight excluding hydrogens is 927 g/mol. The lowest BCUT2D eigenvalue weighted by atomic mass is 10.0. The van der Waals surface area contributed by atoms with Crippen LogP contribution in [-0.4, -0.2) is 79.4 Å². The summed E-state index contributed by atoms with van der Waals surface area (Å²) in [6, 6.07) is 37.4. The van der Waals surface area contributed by atoms with E-state index in [1.807, 2.05) is 134 Å². The van der Waals surface area contributed by atoms with Gasteiger partial charge in [0.25, 0.3) is 0 Å². The Kier molecular flexibility index (Phi) is 17.1. The molecule has 16 nitrogen and oxygen atoms in total. The van der Waals surface area contributed by atoms with Crippen molar-refractivity contribution >= 4 is 46.7 Å². The van der Waals surface area contributed by atoms with Crippen LogP contribution in [0.1, 0.15) is 68.3 Å². The molecule has 8 rings (SSSR count). The number of nitrogens with one attached hydrogen (secondary N) is 1. The number of carbonyl (C=O) groups is 5. The van der Waals surface area contributed by atoms with Crippen molar-refractivity contribution in [3.63, 3.8) is 0 Å². The molecular formula is C57H61N7O9. The maximum Gasteiger partial charge on any atom is 0.412 e. The van der Waals surface area contributed by atoms with Crippen LogP contribution in [0.25, 0.3) is 44.5 Å². The van der Waals surface area contributed by atoms with Crippen molar-refractivity contribution < 1.29 is 43.3 Å². The fraction of sp³-hybridized carbons (Fsp3) is 0.211. The van der Waals surface area contributed by atoms with Crippen molar-refractivity contribution in [3.05, 3.63) is 174 Å². The number of rotatable bonds is 12. The van der Waals surface area contributed by atoms with E-state index in [9.17, 15) is 24.0 Å². The van der Waals surface area contributed by atoms with Gasteiger partial charge in [0.15, 0.2) is 5.78 Å². The monoisotopic (exact) mass is 987 g/mol. The summed E-state index contributed by atoms with van der Waals surface area (Å²) in [5, 5.41) is 11.6. The third-order valence-electron chi connectivity index (χ3n) is 11.5. The molecule has 0 atom stereocenters. The van der Waals surface area contributed by atoms with Crippen LogP contribution in [0.4, 0.5) is 21.9 Å². The Labute approximate surface area is 424 Å². The average Bonchev–Trinajstić information content (AvgIpc) is 4.16. The average molecular weight is 988 g/mol. The molecule has 4 aromatic carbocycles. The predicted octanol–water partition coefficient (Wildman–Crippen LogP) is 9.77. The number of Topliss-reactive ketones (excluding diaryl/α,β-unsaturated/α-hetero) is 2. The Morgan fingerprint density at radius 3 is 1.18 bits per heavy atom. The Morgan fingerprint density at radius 2 is 0.822 bits per heavy atom. The SMILES string of the molecule is COC(=O)c1cc(-c2ccc(CC(=O)c3cc(-c4ccc(N)cc4)cn3C)cc2)cn1C.COC(=O)c1cc(-c2ccc(N)cc2)cn1C.Cn1cc(-c2ccc(NC(=O)OC(C)(C)C)cc2)cc1C(=O)CO. The van der Waals surface area contributed by atoms with E-state index in [2.05, 4.69) is 5.32 Å². The van der Waals surface area contributed by atoms with Gasteiger partial charge < -0.3 is 49.1 Å². The quantitative estimate of drug-likeness (QED) is 0.0391. The number of aryl methyl sites for hydroxylation is 4. The number of ether oxygens (including phenoxy) is 3. The second-order valence-electron chi connectivity index (χ2n) is 18.2. The first-order valence-electron chi connectivity index (χ1n) is 23.1. The molecule has 0 saturated carbocycles. The standard InChI is InChI=1S/C26H25N3O3.C18H22N2O4.C13H14N2O2/c1-28-15-20(19-8-10-22(27)11-9-19)13-23(28)25(30)12-17-4-6-18(7-5-17)21-14-24(26(31)32-3)29(2)16-21;1-18(2,3)24-17(23)19-14-7-5-12(6-8-14)13-9-15(16(22)11-21)20(4)10-13;1-15-8-10(7-12(15)13(16)17-2)9-3-5-11(14)6-4-9/h4-11,13-16H,12,27H2,1-3H3;5-10,21H,11H2,1-4H3,(H,19,23);3-8H,14H2,1-2H3. The highest BCUT2D eigenvalue weighted by molar-refractivity contribution is 5.98. The highest BCUT2D eigenvalue weighted by atomic mass is 16.6. The number of hydrogen-bond donors (Lipinski definition) is 4. The van der Waals surface area contributed by atoms with E-state index in [0.717, 1.165) is 55.8 Å². The molecule has 73 heavy (non-hydrogen) atoms. The van der Waals surface area contributed by atoms with E-state index in [1.54, 1.807) is 78.9 Å². The molecule has 4 aromatic heterocycles. The van der Waals surface area contributed by atoms with E-state index in [1.165, 1.54) is 14.2 Å². The summed E-state index contributed by atoms with van der Waals surface area (Å²) in [4.78, 5) is 59.6. The largest absolute Gasteiger partial charge is 0.464 e. The number of nitrogens with zero attached hydrogens (tertiary/aromatic N) is 4. The lowest BCUT2D eigenvalue weighted by Gasteiger charge is -2.19. The number of carbonyl (C=O) groups excluding carboxylic acids is 5. The highest BCUT2D eigenvalue weighted by Crippen LogP contribution is 2.28. The normalized spacial score (nSPS) is 10.8. The van der Waals surface area contributed by atoms with Crippen molar-refractivity contribution in [1.29, 1.82) is 0 Å². The number of aromatic nitrogens is 4. The Hall–Kier alpha value is -8.89. The van der Waals surface area contributed by atoms with E-state index in [-0.39, 0.29) is 23.5 Å². The van der Waals surface area contributed by atoms with E-state index < -0.39 is 18.3 Å². The number of amides is 1. The first kappa shape index (κ1) is 53.5. The van der Waals surface area contributed by atoms with E-state index in [0.29, 0.717) is 40.6 Å². The molecule has 0 spiro atoms. The van der Waals surface area contributed by atoms with Crippen LogP contribution in [0, 0.1) is 0 Å². The van der Waals surface area contributed by atoms with Crippen molar-refractivity contribution in [3.8, 4) is 44.5 Å². The lowest BCUT2D eigenvalue weighted by Crippen LogP contribution is -2.27. The molecule has 378 valence electrons. The van der Waals surface area contributed by atoms with Gasteiger partial charge in [-0.25, -0.2) is 14.4 Å². The zero-order chi connectivity index (χ0) is 53.1. The van der Waals surface area contributed by atoms with Gasteiger partial charge in [0.1, 0.15) is 23.6 Å². The molecule has 0 fully saturated rings. The van der Waals surface area contributed by atoms with Crippen LogP contribution in [0.15, 0.2) is 146 Å². The topological polar surface area (TPSA) is 217 Å². The van der Waals surface area contributed by atoms with Gasteiger partial charge >= 0.3 is 18.0 Å². The number of esters is 2. The minimum atomic E-state index is -0.552. The summed E-state index contributed by atoms with van der Waals surface area (Å²) in [7, 11) is 10.00.